The first kappa shape index (κ1) is 8.48. The predicted molar refractivity (Wildman–Crippen MR) is 49.0 cm³/mol. The second-order valence-corrected chi connectivity index (χ2v) is 2.33. The quantitative estimate of drug-likeness (QED) is 0.334. The highest BCUT2D eigenvalue weighted by Gasteiger charge is 1.99. The van der Waals surface area contributed by atoms with Crippen molar-refractivity contribution < 1.29 is 0 Å². The van der Waals surface area contributed by atoms with Crippen LogP contribution in [0.3, 0.4) is 0 Å². The van der Waals surface area contributed by atoms with E-state index in [2.05, 4.69) is 4.98 Å². The maximum absolute atomic E-state index is 6.84. The maximum Gasteiger partial charge on any atom is 0.0725 e. The monoisotopic (exact) mass is 165 g/mol. The lowest BCUT2D eigenvalue weighted by Crippen LogP contribution is -2.32. The van der Waals surface area contributed by atoms with Crippen LogP contribution in [-0.4, -0.2) is 17.7 Å². The van der Waals surface area contributed by atoms with Crippen molar-refractivity contribution in [3.8, 4) is 0 Å². The number of pyridine rings is 1. The topological polar surface area (TPSA) is 92.0 Å². The summed E-state index contributed by atoms with van der Waals surface area (Å²) in [6, 6.07) is 1.70. The highest BCUT2D eigenvalue weighted by molar-refractivity contribution is 5.63. The molecule has 0 saturated heterocycles. The molecule has 0 radical (unpaired) electrons. The van der Waals surface area contributed by atoms with Crippen molar-refractivity contribution in [2.75, 3.05) is 17.3 Å². The zero-order valence-electron chi connectivity index (χ0n) is 6.57. The van der Waals surface area contributed by atoms with Crippen molar-refractivity contribution in [3.63, 3.8) is 0 Å². The molecule has 0 amide bonds. The van der Waals surface area contributed by atoms with Crippen molar-refractivity contribution in [1.29, 1.82) is 5.41 Å². The van der Waals surface area contributed by atoms with Gasteiger partial charge in [-0.25, -0.2) is 5.84 Å². The van der Waals surface area contributed by atoms with Gasteiger partial charge in [-0.1, -0.05) is 0 Å². The van der Waals surface area contributed by atoms with Crippen molar-refractivity contribution in [3.05, 3.63) is 18.5 Å². The fraction of sp³-hybridized carbons (Fsp3) is 0.143. The van der Waals surface area contributed by atoms with Gasteiger partial charge in [-0.15, -0.1) is 0 Å². The number of hydrogen-bond donors (Lipinski definition) is 3. The molecule has 0 aliphatic rings. The van der Waals surface area contributed by atoms with E-state index in [9.17, 15) is 0 Å². The summed E-state index contributed by atoms with van der Waals surface area (Å²) in [5, 5.41) is 8.24. The van der Waals surface area contributed by atoms with Crippen LogP contribution in [0.1, 0.15) is 0 Å². The molecule has 0 fully saturated rings. The summed E-state index contributed by atoms with van der Waals surface area (Å²) in [7, 11) is 0. The molecule has 1 aromatic heterocycles. The third kappa shape index (κ3) is 1.93. The first-order chi connectivity index (χ1) is 5.74. The number of anilines is 2. The number of nitrogens with zero attached hydrogens (tertiary/aromatic N) is 2. The van der Waals surface area contributed by atoms with Crippen LogP contribution >= 0.6 is 0 Å². The molecule has 1 rings (SSSR count). The Bertz CT molecular complexity index is 272. The van der Waals surface area contributed by atoms with Crippen LogP contribution in [0.2, 0.25) is 0 Å². The Hall–Kier alpha value is -1.62. The maximum atomic E-state index is 6.84. The molecule has 0 atom stereocenters. The predicted octanol–water partition coefficient (Wildman–Crippen LogP) is -0.00653. The first-order valence-electron chi connectivity index (χ1n) is 3.45. The first-order valence-corrected chi connectivity index (χ1v) is 3.45. The molecule has 64 valence electrons. The zero-order chi connectivity index (χ0) is 8.97. The minimum Gasteiger partial charge on any atom is -0.397 e. The summed E-state index contributed by atoms with van der Waals surface area (Å²) in [6.45, 7) is 0.352. The summed E-state index contributed by atoms with van der Waals surface area (Å²) in [5.41, 5.74) is 6.76. The number of hydrazine groups is 1. The summed E-state index contributed by atoms with van der Waals surface area (Å²) >= 11 is 0. The van der Waals surface area contributed by atoms with Crippen molar-refractivity contribution in [1.82, 2.24) is 4.98 Å². The fourth-order valence-electron chi connectivity index (χ4n) is 0.806. The lowest BCUT2D eigenvalue weighted by Gasteiger charge is -2.15. The van der Waals surface area contributed by atoms with Gasteiger partial charge in [0.1, 0.15) is 0 Å². The standard InChI is InChI=1S/C7H11N5/c8-1-2-12(10)7-3-6(9)4-11-5-7/h1,3-5,8H,2,9-10H2. The van der Waals surface area contributed by atoms with E-state index in [1.165, 1.54) is 11.2 Å². The lowest BCUT2D eigenvalue weighted by molar-refractivity contribution is 0.961. The number of nitrogens with one attached hydrogen (secondary N) is 1. The van der Waals surface area contributed by atoms with Crippen molar-refractivity contribution in [2.45, 2.75) is 0 Å². The van der Waals surface area contributed by atoms with E-state index in [0.29, 0.717) is 17.9 Å². The Morgan fingerprint density at radius 1 is 1.58 bits per heavy atom. The van der Waals surface area contributed by atoms with E-state index < -0.39 is 0 Å². The van der Waals surface area contributed by atoms with E-state index in [0.717, 1.165) is 0 Å². The minimum absolute atomic E-state index is 0.352. The van der Waals surface area contributed by atoms with Crippen LogP contribution in [0.4, 0.5) is 11.4 Å². The van der Waals surface area contributed by atoms with E-state index in [-0.39, 0.29) is 0 Å². The molecule has 1 aromatic rings. The number of nitrogen functional groups attached to an aromatic ring is 1. The minimum atomic E-state index is 0.352. The second-order valence-electron chi connectivity index (χ2n) is 2.33. The zero-order valence-corrected chi connectivity index (χ0v) is 6.57. The molecule has 0 unspecified atom stereocenters. The molecule has 0 aliphatic carbocycles. The highest BCUT2D eigenvalue weighted by atomic mass is 15.4. The van der Waals surface area contributed by atoms with E-state index in [1.54, 1.807) is 18.5 Å². The van der Waals surface area contributed by atoms with Crippen LogP contribution in [0, 0.1) is 5.41 Å². The average molecular weight is 165 g/mol. The van der Waals surface area contributed by atoms with Gasteiger partial charge in [0, 0.05) is 12.4 Å². The Balaban J connectivity index is 2.80. The molecular weight excluding hydrogens is 154 g/mol. The van der Waals surface area contributed by atoms with Crippen LogP contribution in [-0.2, 0) is 0 Å². The third-order valence-electron chi connectivity index (χ3n) is 1.36. The Labute approximate surface area is 70.5 Å². The Morgan fingerprint density at radius 2 is 2.33 bits per heavy atom. The third-order valence-corrected chi connectivity index (χ3v) is 1.36. The number of aromatic nitrogens is 1. The molecule has 5 N–H and O–H groups in total. The molecule has 5 heteroatoms. The highest BCUT2D eigenvalue weighted by Crippen LogP contribution is 2.11. The smallest absolute Gasteiger partial charge is 0.0725 e. The Morgan fingerprint density at radius 3 is 2.92 bits per heavy atom. The molecule has 0 spiro atoms. The van der Waals surface area contributed by atoms with E-state index >= 15 is 0 Å². The lowest BCUT2D eigenvalue weighted by atomic mass is 10.3. The molecule has 0 bridgehead atoms. The van der Waals surface area contributed by atoms with Gasteiger partial charge in [-0.05, 0) is 6.07 Å². The van der Waals surface area contributed by atoms with Gasteiger partial charge in [-0.2, -0.15) is 0 Å². The van der Waals surface area contributed by atoms with Crippen LogP contribution in [0.5, 0.6) is 0 Å². The molecular formula is C7H11N5. The average Bonchev–Trinajstić information content (AvgIpc) is 2.05. The molecule has 12 heavy (non-hydrogen) atoms. The fourth-order valence-corrected chi connectivity index (χ4v) is 0.806. The SMILES string of the molecule is N=CCN(N)c1cncc(N)c1. The van der Waals surface area contributed by atoms with Crippen LogP contribution in [0.15, 0.2) is 18.5 Å². The molecule has 5 nitrogen and oxygen atoms in total. The van der Waals surface area contributed by atoms with Gasteiger partial charge in [-0.3, -0.25) is 4.98 Å². The van der Waals surface area contributed by atoms with Crippen molar-refractivity contribution >= 4 is 17.6 Å². The summed E-state index contributed by atoms with van der Waals surface area (Å²) in [5.74, 6) is 5.56. The summed E-state index contributed by atoms with van der Waals surface area (Å²) in [4.78, 5) is 3.87. The molecule has 0 aliphatic heterocycles. The number of hydrogen-bond acceptors (Lipinski definition) is 5. The molecule has 0 aromatic carbocycles. The Kier molecular flexibility index (Phi) is 2.60. The van der Waals surface area contributed by atoms with Gasteiger partial charge < -0.3 is 16.2 Å². The van der Waals surface area contributed by atoms with Crippen molar-refractivity contribution in [2.24, 2.45) is 5.84 Å². The number of nitrogens with two attached hydrogens (primary N) is 2. The largest absolute Gasteiger partial charge is 0.397 e. The van der Waals surface area contributed by atoms with Gasteiger partial charge >= 0.3 is 0 Å². The van der Waals surface area contributed by atoms with Gasteiger partial charge in [0.15, 0.2) is 0 Å². The molecule has 0 saturated carbocycles. The summed E-state index contributed by atoms with van der Waals surface area (Å²) < 4.78 is 0. The van der Waals surface area contributed by atoms with Crippen LogP contribution in [0.25, 0.3) is 0 Å². The van der Waals surface area contributed by atoms with E-state index in [1.807, 2.05) is 0 Å². The summed E-state index contributed by atoms with van der Waals surface area (Å²) in [6.07, 6.45) is 4.35. The number of rotatable bonds is 3. The second kappa shape index (κ2) is 3.68. The van der Waals surface area contributed by atoms with Gasteiger partial charge in [0.2, 0.25) is 0 Å². The van der Waals surface area contributed by atoms with Gasteiger partial charge in [0.05, 0.1) is 24.1 Å². The normalized spacial score (nSPS) is 9.42. The van der Waals surface area contributed by atoms with Gasteiger partial charge in [0.25, 0.3) is 0 Å². The van der Waals surface area contributed by atoms with E-state index in [4.69, 9.17) is 17.0 Å². The van der Waals surface area contributed by atoms with Crippen LogP contribution < -0.4 is 16.6 Å². The molecule has 1 heterocycles.